The van der Waals surface area contributed by atoms with E-state index in [1.165, 1.54) is 13.8 Å². The summed E-state index contributed by atoms with van der Waals surface area (Å²) in [6, 6.07) is 1.21. The van der Waals surface area contributed by atoms with Gasteiger partial charge in [-0.15, -0.1) is 0 Å². The first-order valence-corrected chi connectivity index (χ1v) is 11.7. The Balaban J connectivity index is 1.81. The average Bonchev–Trinajstić information content (AvgIpc) is 3.23. The predicted molar refractivity (Wildman–Crippen MR) is 121 cm³/mol. The molecule has 0 saturated carbocycles. The summed E-state index contributed by atoms with van der Waals surface area (Å²) in [6.45, 7) is 5.66. The molecule has 1 amide bonds. The summed E-state index contributed by atoms with van der Waals surface area (Å²) in [5, 5.41) is 13.4. The van der Waals surface area contributed by atoms with Crippen LogP contribution >= 0.6 is 0 Å². The maximum atomic E-state index is 13.4. The Morgan fingerprint density at radius 3 is 2.22 bits per heavy atom. The highest BCUT2D eigenvalue weighted by Crippen LogP contribution is 2.44. The summed E-state index contributed by atoms with van der Waals surface area (Å²) < 4.78 is 84.6. The molecule has 36 heavy (non-hydrogen) atoms. The molecule has 1 heterocycles. The number of alkyl halides is 6. The smallest absolute Gasteiger partial charge is 0.389 e. The van der Waals surface area contributed by atoms with Crippen LogP contribution in [0.3, 0.4) is 0 Å². The third-order valence-electron chi connectivity index (χ3n) is 7.37. The molecular formula is C25H32F6N2O3. The lowest BCUT2D eigenvalue weighted by Gasteiger charge is -2.42. The molecule has 0 unspecified atom stereocenters. The minimum absolute atomic E-state index is 0.0427. The maximum absolute atomic E-state index is 13.4. The molecule has 0 aromatic heterocycles. The fourth-order valence-corrected chi connectivity index (χ4v) is 5.10. The van der Waals surface area contributed by atoms with Crippen molar-refractivity contribution in [2.75, 3.05) is 20.3 Å². The van der Waals surface area contributed by atoms with E-state index >= 15 is 0 Å². The second kappa shape index (κ2) is 9.98. The van der Waals surface area contributed by atoms with Crippen molar-refractivity contribution in [2.45, 2.75) is 70.2 Å². The van der Waals surface area contributed by atoms with Gasteiger partial charge >= 0.3 is 12.4 Å². The van der Waals surface area contributed by atoms with Gasteiger partial charge in [0.1, 0.15) is 0 Å². The zero-order chi connectivity index (χ0) is 27.1. The van der Waals surface area contributed by atoms with E-state index in [9.17, 15) is 36.2 Å². The summed E-state index contributed by atoms with van der Waals surface area (Å²) in [5.41, 5.74) is -6.22. The number of hydrogen-bond acceptors (Lipinski definition) is 4. The molecule has 1 fully saturated rings. The van der Waals surface area contributed by atoms with Gasteiger partial charge in [0.15, 0.2) is 0 Å². The van der Waals surface area contributed by atoms with Crippen LogP contribution in [-0.2, 0) is 28.4 Å². The van der Waals surface area contributed by atoms with E-state index in [0.29, 0.717) is 25.3 Å². The van der Waals surface area contributed by atoms with Crippen LogP contribution in [0.5, 0.6) is 0 Å². The van der Waals surface area contributed by atoms with Crippen molar-refractivity contribution >= 4 is 5.91 Å². The van der Waals surface area contributed by atoms with Crippen molar-refractivity contribution in [2.24, 2.45) is 11.3 Å². The van der Waals surface area contributed by atoms with Gasteiger partial charge < -0.3 is 15.2 Å². The Kier molecular flexibility index (Phi) is 7.89. The van der Waals surface area contributed by atoms with Crippen molar-refractivity contribution in [3.63, 3.8) is 0 Å². The first kappa shape index (κ1) is 28.5. The molecular weight excluding hydrogens is 490 g/mol. The summed E-state index contributed by atoms with van der Waals surface area (Å²) in [5.74, 6) is -0.417. The Labute approximate surface area is 206 Å². The number of nitrogens with one attached hydrogen (secondary N) is 1. The van der Waals surface area contributed by atoms with Crippen LogP contribution in [-0.4, -0.2) is 53.9 Å². The normalized spacial score (nSPS) is 27.5. The van der Waals surface area contributed by atoms with Gasteiger partial charge in [-0.2, -0.15) is 26.3 Å². The first-order valence-electron chi connectivity index (χ1n) is 11.7. The number of rotatable bonds is 6. The highest BCUT2D eigenvalue weighted by molar-refractivity contribution is 5.86. The first-order chi connectivity index (χ1) is 16.5. The second-order valence-electron chi connectivity index (χ2n) is 10.3. The molecule has 1 aliphatic heterocycles. The van der Waals surface area contributed by atoms with Crippen LogP contribution in [0, 0.1) is 11.3 Å². The van der Waals surface area contributed by atoms with Crippen molar-refractivity contribution in [3.8, 4) is 0 Å². The number of hydrogen-bond donors (Lipinski definition) is 2. The van der Waals surface area contributed by atoms with Crippen LogP contribution in [0.2, 0.25) is 0 Å². The lowest BCUT2D eigenvalue weighted by atomic mass is 9.71. The Hall–Kier alpha value is -2.11. The van der Waals surface area contributed by atoms with Crippen LogP contribution in [0.25, 0.3) is 0 Å². The van der Waals surface area contributed by atoms with E-state index in [-0.39, 0.29) is 36.1 Å². The lowest BCUT2D eigenvalue weighted by molar-refractivity contribution is -0.143. The highest BCUT2D eigenvalue weighted by atomic mass is 19.4. The third-order valence-corrected chi connectivity index (χ3v) is 7.37. The van der Waals surface area contributed by atoms with Gasteiger partial charge in [0.25, 0.3) is 0 Å². The number of aliphatic hydroxyl groups is 1. The van der Waals surface area contributed by atoms with Gasteiger partial charge in [0, 0.05) is 25.2 Å². The van der Waals surface area contributed by atoms with E-state index in [2.05, 4.69) is 17.1 Å². The number of benzene rings is 1. The lowest BCUT2D eigenvalue weighted by Crippen LogP contribution is -2.54. The van der Waals surface area contributed by atoms with Crippen LogP contribution < -0.4 is 5.32 Å². The largest absolute Gasteiger partial charge is 0.416 e. The van der Waals surface area contributed by atoms with Crippen molar-refractivity contribution in [1.82, 2.24) is 10.2 Å². The van der Waals surface area contributed by atoms with Crippen molar-refractivity contribution in [3.05, 3.63) is 47.0 Å². The fraction of sp³-hybridized carbons (Fsp3) is 0.640. The van der Waals surface area contributed by atoms with Crippen molar-refractivity contribution < 1.29 is 41.0 Å². The van der Waals surface area contributed by atoms with Gasteiger partial charge in [0.2, 0.25) is 5.91 Å². The summed E-state index contributed by atoms with van der Waals surface area (Å²) in [6.07, 6.45) is -5.53. The van der Waals surface area contributed by atoms with Gasteiger partial charge in [-0.1, -0.05) is 19.1 Å². The van der Waals surface area contributed by atoms with Crippen molar-refractivity contribution in [1.29, 1.82) is 0 Å². The predicted octanol–water partition coefficient (Wildman–Crippen LogP) is 4.78. The monoisotopic (exact) mass is 522 g/mol. The quantitative estimate of drug-likeness (QED) is 0.417. The Morgan fingerprint density at radius 1 is 1.14 bits per heavy atom. The number of amides is 1. The molecule has 4 atom stereocenters. The van der Waals surface area contributed by atoms with E-state index < -0.39 is 46.9 Å². The third kappa shape index (κ3) is 5.89. The van der Waals surface area contributed by atoms with E-state index in [1.807, 2.05) is 13.1 Å². The number of nitrogens with zero attached hydrogens (tertiary/aromatic N) is 1. The molecule has 5 nitrogen and oxygen atoms in total. The van der Waals surface area contributed by atoms with E-state index in [4.69, 9.17) is 4.74 Å². The number of likely N-dealkylation sites (N-methyl/N-ethyl adjacent to an activating group) is 1. The summed E-state index contributed by atoms with van der Waals surface area (Å²) in [7, 11) is 1.93. The average molecular weight is 523 g/mol. The zero-order valence-electron chi connectivity index (χ0n) is 20.6. The fourth-order valence-electron chi connectivity index (χ4n) is 5.10. The number of ether oxygens (including phenoxy) is 1. The molecule has 202 valence electrons. The van der Waals surface area contributed by atoms with Crippen LogP contribution in [0.1, 0.15) is 50.3 Å². The van der Waals surface area contributed by atoms with Gasteiger partial charge in [0.05, 0.1) is 28.7 Å². The molecule has 0 spiro atoms. The molecule has 0 radical (unpaired) electrons. The molecule has 1 aromatic carbocycles. The Morgan fingerprint density at radius 2 is 1.72 bits per heavy atom. The second-order valence-corrected chi connectivity index (χ2v) is 10.3. The summed E-state index contributed by atoms with van der Waals surface area (Å²) >= 11 is 0. The minimum atomic E-state index is -4.98. The number of carbonyl (C=O) groups is 1. The molecule has 0 bridgehead atoms. The highest BCUT2D eigenvalue weighted by Gasteiger charge is 2.53. The SMILES string of the molecule is C[C@@H]1COCC[C@@H]1N(C)[C@@H]1C=C[C@@](C(=O)NCc2cc(C(F)(F)F)cc(C(F)(F)F)c2)(C(C)(C)O)C1. The minimum Gasteiger partial charge on any atom is -0.389 e. The summed E-state index contributed by atoms with van der Waals surface area (Å²) in [4.78, 5) is 15.5. The van der Waals surface area contributed by atoms with Gasteiger partial charge in [-0.05, 0) is 63.4 Å². The maximum Gasteiger partial charge on any atom is 0.416 e. The van der Waals surface area contributed by atoms with E-state index in [0.717, 1.165) is 6.42 Å². The molecule has 3 rings (SSSR count). The molecule has 1 saturated heterocycles. The van der Waals surface area contributed by atoms with Gasteiger partial charge in [-0.25, -0.2) is 0 Å². The standard InChI is InChI=1S/C25H32F6N2O3/c1-15-14-36-8-6-20(15)33(4)19-5-7-23(12-19,22(2,3)35)21(34)32-13-16-9-17(24(26,27)28)11-18(10-16)25(29,30)31/h5,7,9-11,15,19-20,35H,6,8,12-14H2,1-4H3,(H,32,34)/t15-,19-,20+,23-/m1/s1. The number of carbonyl (C=O) groups excluding carboxylic acids is 1. The molecule has 11 heteroatoms. The number of halogens is 6. The Bertz CT molecular complexity index is 953. The van der Waals surface area contributed by atoms with Crippen LogP contribution in [0.4, 0.5) is 26.3 Å². The van der Waals surface area contributed by atoms with E-state index in [1.54, 1.807) is 6.08 Å². The zero-order valence-corrected chi connectivity index (χ0v) is 20.6. The topological polar surface area (TPSA) is 61.8 Å². The molecule has 1 aliphatic carbocycles. The molecule has 2 aliphatic rings. The van der Waals surface area contributed by atoms with Gasteiger partial charge in [-0.3, -0.25) is 9.69 Å². The molecule has 1 aromatic rings. The molecule has 2 N–H and O–H groups in total. The van der Waals surface area contributed by atoms with Crippen LogP contribution in [0.15, 0.2) is 30.4 Å².